The van der Waals surface area contributed by atoms with Crippen LogP contribution in [0, 0.1) is 17.6 Å². The molecule has 38 heavy (non-hydrogen) atoms. The fourth-order valence-electron chi connectivity index (χ4n) is 4.23. The Morgan fingerprint density at radius 2 is 1.79 bits per heavy atom. The van der Waals surface area contributed by atoms with Crippen LogP contribution in [0.3, 0.4) is 0 Å². The summed E-state index contributed by atoms with van der Waals surface area (Å²) in [4.78, 5) is 33.8. The maximum absolute atomic E-state index is 13.6. The summed E-state index contributed by atoms with van der Waals surface area (Å²) in [6.45, 7) is 3.87. The fraction of sp³-hybridized carbons (Fsp3) is 0.321. The largest absolute Gasteiger partial charge is 0.472 e. The number of pyridine rings is 1. The predicted molar refractivity (Wildman–Crippen MR) is 139 cm³/mol. The van der Waals surface area contributed by atoms with Crippen molar-refractivity contribution in [3.8, 4) is 17.0 Å². The van der Waals surface area contributed by atoms with Crippen molar-refractivity contribution < 1.29 is 28.2 Å². The van der Waals surface area contributed by atoms with Crippen LogP contribution in [0.5, 0.6) is 5.88 Å². The molecule has 200 valence electrons. The third kappa shape index (κ3) is 6.08. The number of fused-ring (bicyclic) bond motifs is 1. The average molecular weight is 525 g/mol. The lowest BCUT2D eigenvalue weighted by Crippen LogP contribution is -2.50. The van der Waals surface area contributed by atoms with E-state index in [1.807, 2.05) is 6.92 Å². The van der Waals surface area contributed by atoms with E-state index in [0.29, 0.717) is 16.8 Å². The smallest absolute Gasteiger partial charge is 0.321 e. The fourth-order valence-corrected chi connectivity index (χ4v) is 4.23. The highest BCUT2D eigenvalue weighted by atomic mass is 19.1. The van der Waals surface area contributed by atoms with E-state index in [1.54, 1.807) is 43.3 Å². The molecule has 8 nitrogen and oxygen atoms in total. The molecule has 0 aliphatic carbocycles. The van der Waals surface area contributed by atoms with Crippen molar-refractivity contribution in [2.75, 3.05) is 32.1 Å². The lowest BCUT2D eigenvalue weighted by atomic mass is 9.99. The number of halogens is 2. The minimum atomic E-state index is -0.539. The van der Waals surface area contributed by atoms with Gasteiger partial charge in [-0.3, -0.25) is 4.79 Å². The van der Waals surface area contributed by atoms with Gasteiger partial charge >= 0.3 is 6.03 Å². The Bertz CT molecular complexity index is 1290. The molecule has 0 bridgehead atoms. The van der Waals surface area contributed by atoms with E-state index in [4.69, 9.17) is 4.74 Å². The summed E-state index contributed by atoms with van der Waals surface area (Å²) in [5.74, 6) is -1.23. The van der Waals surface area contributed by atoms with Gasteiger partial charge in [0.05, 0.1) is 19.2 Å². The first-order valence-corrected chi connectivity index (χ1v) is 12.3. The summed E-state index contributed by atoms with van der Waals surface area (Å²) in [7, 11) is 1.61. The van der Waals surface area contributed by atoms with Crippen LogP contribution < -0.4 is 10.1 Å². The normalized spacial score (nSPS) is 18.1. The number of amides is 3. The first-order chi connectivity index (χ1) is 18.2. The highest BCUT2D eigenvalue weighted by Crippen LogP contribution is 2.30. The van der Waals surface area contributed by atoms with Crippen LogP contribution in [0.25, 0.3) is 11.1 Å². The molecular formula is C28H30F2N4O4. The topological polar surface area (TPSA) is 95.0 Å². The molecule has 0 unspecified atom stereocenters. The molecule has 2 N–H and O–H groups in total. The number of urea groups is 1. The zero-order valence-electron chi connectivity index (χ0n) is 21.4. The van der Waals surface area contributed by atoms with Crippen molar-refractivity contribution in [2.24, 2.45) is 5.92 Å². The van der Waals surface area contributed by atoms with Crippen LogP contribution in [0.1, 0.15) is 24.2 Å². The van der Waals surface area contributed by atoms with Gasteiger partial charge in [-0.25, -0.2) is 18.6 Å². The highest BCUT2D eigenvalue weighted by Gasteiger charge is 2.34. The van der Waals surface area contributed by atoms with E-state index in [0.717, 1.165) is 0 Å². The maximum Gasteiger partial charge on any atom is 0.321 e. The van der Waals surface area contributed by atoms with E-state index in [9.17, 15) is 23.5 Å². The van der Waals surface area contributed by atoms with E-state index in [1.165, 1.54) is 41.3 Å². The number of aromatic nitrogens is 1. The quantitative estimate of drug-likeness (QED) is 0.498. The van der Waals surface area contributed by atoms with Crippen molar-refractivity contribution in [3.05, 3.63) is 78.0 Å². The summed E-state index contributed by atoms with van der Waals surface area (Å²) >= 11 is 0. The number of nitrogens with zero attached hydrogens (tertiary/aromatic N) is 3. The SMILES string of the molecule is C[C@@H]1CN([C@H](C)CO)C(=O)c2cc(-c3ccc(F)cc3)cnc2O[C@@H]1CN(C)C(=O)Nc1ccc(F)cc1. The van der Waals surface area contributed by atoms with E-state index < -0.39 is 24.0 Å². The van der Waals surface area contributed by atoms with Gasteiger partial charge in [0.2, 0.25) is 5.88 Å². The standard InChI is InChI=1S/C28H30F2N4O4/c1-17-14-34(18(2)16-35)27(36)24-12-20(19-4-6-21(29)7-5-19)13-31-26(24)38-25(17)15-33(3)28(37)32-23-10-8-22(30)9-11-23/h4-13,17-18,25,35H,14-16H2,1-3H3,(H,32,37)/t17-,18-,25-/m1/s1. The maximum atomic E-state index is 13.6. The van der Waals surface area contributed by atoms with Crippen LogP contribution in [0.15, 0.2) is 60.8 Å². The molecule has 0 radical (unpaired) electrons. The van der Waals surface area contributed by atoms with Gasteiger partial charge in [0, 0.05) is 37.0 Å². The summed E-state index contributed by atoms with van der Waals surface area (Å²) in [6, 6.07) is 12.1. The summed E-state index contributed by atoms with van der Waals surface area (Å²) in [5.41, 5.74) is 1.95. The number of rotatable bonds is 6. The number of aliphatic hydroxyl groups excluding tert-OH is 1. The van der Waals surface area contributed by atoms with Crippen LogP contribution >= 0.6 is 0 Å². The summed E-state index contributed by atoms with van der Waals surface area (Å²) < 4.78 is 32.9. The lowest BCUT2D eigenvalue weighted by Gasteiger charge is -2.37. The Kier molecular flexibility index (Phi) is 8.21. The Morgan fingerprint density at radius 1 is 1.16 bits per heavy atom. The molecule has 3 atom stereocenters. The molecule has 0 saturated heterocycles. The highest BCUT2D eigenvalue weighted by molar-refractivity contribution is 5.98. The average Bonchev–Trinajstić information content (AvgIpc) is 2.91. The van der Waals surface area contributed by atoms with Crippen molar-refractivity contribution in [1.82, 2.24) is 14.8 Å². The van der Waals surface area contributed by atoms with Crippen LogP contribution in [-0.4, -0.2) is 70.7 Å². The monoisotopic (exact) mass is 524 g/mol. The molecule has 4 rings (SSSR count). The lowest BCUT2D eigenvalue weighted by molar-refractivity contribution is 0.0356. The summed E-state index contributed by atoms with van der Waals surface area (Å²) in [6.07, 6.45) is 1.01. The van der Waals surface area contributed by atoms with Crippen LogP contribution in [0.2, 0.25) is 0 Å². The van der Waals surface area contributed by atoms with Crippen molar-refractivity contribution >= 4 is 17.6 Å². The molecule has 1 aliphatic rings. The Labute approximate surface area is 219 Å². The van der Waals surface area contributed by atoms with Gasteiger partial charge in [0.15, 0.2) is 0 Å². The number of benzene rings is 2. The first kappa shape index (κ1) is 27.0. The molecule has 1 aromatic heterocycles. The zero-order valence-corrected chi connectivity index (χ0v) is 21.4. The molecule has 2 heterocycles. The van der Waals surface area contributed by atoms with Crippen molar-refractivity contribution in [2.45, 2.75) is 26.0 Å². The molecule has 2 aromatic carbocycles. The predicted octanol–water partition coefficient (Wildman–Crippen LogP) is 4.41. The second kappa shape index (κ2) is 11.6. The Balaban J connectivity index is 1.62. The van der Waals surface area contributed by atoms with E-state index in [-0.39, 0.29) is 48.8 Å². The second-order valence-corrected chi connectivity index (χ2v) is 9.52. The van der Waals surface area contributed by atoms with Gasteiger partial charge in [0.25, 0.3) is 5.91 Å². The number of aliphatic hydroxyl groups is 1. The number of nitrogens with one attached hydrogen (secondary N) is 1. The van der Waals surface area contributed by atoms with Crippen molar-refractivity contribution in [1.29, 1.82) is 0 Å². The number of hydrogen-bond acceptors (Lipinski definition) is 5. The second-order valence-electron chi connectivity index (χ2n) is 9.52. The van der Waals surface area contributed by atoms with Gasteiger partial charge in [-0.2, -0.15) is 0 Å². The van der Waals surface area contributed by atoms with Gasteiger partial charge < -0.3 is 25.0 Å². The number of anilines is 1. The Morgan fingerprint density at radius 3 is 2.42 bits per heavy atom. The number of carbonyl (C=O) groups is 2. The Hall–Kier alpha value is -4.05. The number of likely N-dealkylation sites (N-methyl/N-ethyl adjacent to an activating group) is 1. The minimum Gasteiger partial charge on any atom is -0.472 e. The molecule has 3 aromatic rings. The van der Waals surface area contributed by atoms with Gasteiger partial charge in [-0.1, -0.05) is 19.1 Å². The zero-order chi connectivity index (χ0) is 27.4. The van der Waals surface area contributed by atoms with E-state index >= 15 is 0 Å². The third-order valence-corrected chi connectivity index (χ3v) is 6.59. The molecule has 3 amide bonds. The molecule has 10 heteroatoms. The molecule has 0 fully saturated rings. The molecular weight excluding hydrogens is 494 g/mol. The first-order valence-electron chi connectivity index (χ1n) is 12.3. The third-order valence-electron chi connectivity index (χ3n) is 6.59. The van der Waals surface area contributed by atoms with Gasteiger partial charge in [0.1, 0.15) is 23.3 Å². The van der Waals surface area contributed by atoms with Gasteiger partial charge in [-0.15, -0.1) is 0 Å². The summed E-state index contributed by atoms with van der Waals surface area (Å²) in [5, 5.41) is 12.6. The van der Waals surface area contributed by atoms with Crippen molar-refractivity contribution in [3.63, 3.8) is 0 Å². The van der Waals surface area contributed by atoms with E-state index in [2.05, 4.69) is 10.3 Å². The number of hydrogen-bond donors (Lipinski definition) is 2. The molecule has 0 spiro atoms. The molecule has 1 aliphatic heterocycles. The van der Waals surface area contributed by atoms with Crippen LogP contribution in [-0.2, 0) is 0 Å². The van der Waals surface area contributed by atoms with Crippen LogP contribution in [0.4, 0.5) is 19.3 Å². The molecule has 0 saturated carbocycles. The number of carbonyl (C=O) groups excluding carboxylic acids is 2. The minimum absolute atomic E-state index is 0.111. The van der Waals surface area contributed by atoms with Gasteiger partial charge in [-0.05, 0) is 55.0 Å². The number of ether oxygens (including phenoxy) is 1.